The van der Waals surface area contributed by atoms with Crippen LogP contribution in [0.2, 0.25) is 0 Å². The van der Waals surface area contributed by atoms with Gasteiger partial charge in [-0.05, 0) is 114 Å². The molecule has 684 valence electrons. The van der Waals surface area contributed by atoms with Crippen molar-refractivity contribution in [3.63, 3.8) is 0 Å². The molecule has 0 aliphatic rings. The largest absolute Gasteiger partial charge is 0.508 e. The van der Waals surface area contributed by atoms with Crippen molar-refractivity contribution in [2.45, 2.75) is 33.0 Å². The van der Waals surface area contributed by atoms with Gasteiger partial charge in [0.05, 0.1) is 86.8 Å². The summed E-state index contributed by atoms with van der Waals surface area (Å²) in [4.78, 5) is 73.7. The van der Waals surface area contributed by atoms with Gasteiger partial charge < -0.3 is 132 Å². The van der Waals surface area contributed by atoms with E-state index >= 15 is 0 Å². The molecule has 15 N–H and O–H groups in total. The first-order chi connectivity index (χ1) is 64.5. The summed E-state index contributed by atoms with van der Waals surface area (Å²) in [5.41, 5.74) is 3.82. The second-order valence-electron chi connectivity index (χ2n) is 29.1. The third-order valence-electron chi connectivity index (χ3n) is 20.8. The zero-order valence-corrected chi connectivity index (χ0v) is 71.6. The molecular weight excluding hydrogens is 1740 g/mol. The van der Waals surface area contributed by atoms with E-state index in [1.54, 1.807) is 99.1 Å². The Hall–Kier alpha value is -17.5. The monoisotopic (exact) mass is 1820 g/mol. The summed E-state index contributed by atoms with van der Waals surface area (Å²) in [6, 6.07) is 60.9. The Morgan fingerprint density at radius 1 is 0.239 bits per heavy atom. The van der Waals surface area contributed by atoms with E-state index in [4.69, 9.17) is 60.0 Å². The van der Waals surface area contributed by atoms with Gasteiger partial charge in [-0.2, -0.15) is 0 Å². The number of methoxy groups -OCH3 is 6. The number of rotatable bonds is 17. The minimum atomic E-state index is -0.576. The number of hydrogen-bond donors (Lipinski definition) is 15. The summed E-state index contributed by atoms with van der Waals surface area (Å²) in [6.45, 7) is -1.98. The maximum atomic E-state index is 12.8. The van der Waals surface area contributed by atoms with E-state index in [1.807, 2.05) is 48.5 Å². The number of phenolic OH excluding ortho intramolecular Hbond substituents is 7. The van der Waals surface area contributed by atoms with Gasteiger partial charge >= 0.3 is 0 Å². The Bertz CT molecular complexity index is 7810. The molecule has 0 saturated heterocycles. The average Bonchev–Trinajstić information content (AvgIpc) is 0.761. The first kappa shape index (κ1) is 94.1. The highest BCUT2D eigenvalue weighted by atomic mass is 16.5. The molecule has 134 heavy (non-hydrogen) atoms. The van der Waals surface area contributed by atoms with E-state index in [-0.39, 0.29) is 187 Å². The summed E-state index contributed by atoms with van der Waals surface area (Å²) < 4.78 is 65.2. The molecule has 0 amide bonds. The molecule has 18 rings (SSSR count). The molecule has 0 atom stereocenters. The second-order valence-corrected chi connectivity index (χ2v) is 29.1. The van der Waals surface area contributed by atoms with Crippen LogP contribution in [-0.2, 0) is 33.0 Å². The van der Waals surface area contributed by atoms with E-state index in [0.29, 0.717) is 96.3 Å². The highest BCUT2D eigenvalue weighted by Crippen LogP contribution is 2.42. The molecule has 0 bridgehead atoms. The lowest BCUT2D eigenvalue weighted by atomic mass is 10.0. The molecule has 0 aliphatic heterocycles. The summed E-state index contributed by atoms with van der Waals surface area (Å²) in [5.74, 6) is 1.81. The number of phenols is 10. The molecule has 33 heteroatoms. The first-order valence-electron chi connectivity index (χ1n) is 40.0. The summed E-state index contributed by atoms with van der Waals surface area (Å²) in [7, 11) is 8.96. The normalized spacial score (nSPS) is 10.8. The molecule has 0 spiro atoms. The number of ether oxygens (including phenoxy) is 6. The molecule has 18 aromatic rings. The lowest BCUT2D eigenvalue weighted by Gasteiger charge is -2.14. The fourth-order valence-electron chi connectivity index (χ4n) is 14.3. The number of fused-ring (bicyclic) bond motifs is 6. The third kappa shape index (κ3) is 20.2. The smallest absolute Gasteiger partial charge is 0.197 e. The van der Waals surface area contributed by atoms with Crippen molar-refractivity contribution in [1.29, 1.82) is 0 Å². The summed E-state index contributed by atoms with van der Waals surface area (Å²) in [5, 5.41) is 144. The Labute approximate surface area is 755 Å². The maximum absolute atomic E-state index is 12.8. The fraction of sp³-hybridized carbons (Fsp3) is 0.109. The van der Waals surface area contributed by atoms with Crippen molar-refractivity contribution in [2.75, 3.05) is 42.7 Å². The molecule has 0 radical (unpaired) electrons. The molecule has 33 nitrogen and oxygen atoms in total. The zero-order valence-electron chi connectivity index (χ0n) is 71.6. The van der Waals surface area contributed by atoms with Crippen LogP contribution in [0, 0.1) is 0 Å². The van der Waals surface area contributed by atoms with Gasteiger partial charge in [-0.25, -0.2) is 0 Å². The number of hydrogen-bond acceptors (Lipinski definition) is 33. The van der Waals surface area contributed by atoms with Gasteiger partial charge in [-0.3, -0.25) is 28.8 Å². The van der Waals surface area contributed by atoms with Crippen molar-refractivity contribution in [2.24, 2.45) is 0 Å². The molecule has 0 fully saturated rings. The van der Waals surface area contributed by atoms with Crippen molar-refractivity contribution in [1.82, 2.24) is 0 Å². The number of aliphatic hydroxyl groups is 5. The second kappa shape index (κ2) is 41.3. The van der Waals surface area contributed by atoms with Gasteiger partial charge in [0.2, 0.25) is 0 Å². The number of aliphatic hydroxyl groups excluding tert-OH is 5. The summed E-state index contributed by atoms with van der Waals surface area (Å²) >= 11 is 0. The van der Waals surface area contributed by atoms with Crippen molar-refractivity contribution in [3.8, 4) is 160 Å². The maximum Gasteiger partial charge on any atom is 0.197 e. The van der Waals surface area contributed by atoms with Crippen LogP contribution in [0.3, 0.4) is 0 Å². The number of aromatic hydroxyl groups is 10. The highest BCUT2D eigenvalue weighted by molar-refractivity contribution is 5.92. The Kier molecular flexibility index (Phi) is 29.0. The lowest BCUT2D eigenvalue weighted by molar-refractivity contribution is 0.254. The Morgan fingerprint density at radius 3 is 0.978 bits per heavy atom. The minimum absolute atomic E-state index is 0.0163. The van der Waals surface area contributed by atoms with E-state index in [0.717, 1.165) is 23.8 Å². The Morgan fingerprint density at radius 2 is 0.582 bits per heavy atom. The minimum Gasteiger partial charge on any atom is -0.508 e. The lowest BCUT2D eigenvalue weighted by Crippen LogP contribution is -2.07. The van der Waals surface area contributed by atoms with Crippen LogP contribution in [-0.4, -0.2) is 119 Å². The van der Waals surface area contributed by atoms with E-state index in [2.05, 4.69) is 0 Å². The van der Waals surface area contributed by atoms with Gasteiger partial charge in [0.15, 0.2) is 55.6 Å². The third-order valence-corrected chi connectivity index (χ3v) is 20.8. The van der Waals surface area contributed by atoms with Gasteiger partial charge in [-0.1, -0.05) is 60.7 Å². The van der Waals surface area contributed by atoms with Gasteiger partial charge in [0, 0.05) is 112 Å². The molecular formula is C101H82O33. The van der Waals surface area contributed by atoms with Crippen LogP contribution >= 0.6 is 0 Å². The predicted octanol–water partition coefficient (Wildman–Crippen LogP) is 15.3. The molecule has 6 aromatic heterocycles. The standard InChI is InChI=1S/C20H20O7.C18H16O6.C17H14O5.C16H12O5.C15H10O6.C15H10O4/c1-24-15-5-4-11(6-17(15)25-2)16-8-14(23)19-18(27-16)7-12(9-21)13(10-22)20(19)26-3;1-22-11-5-3-10(4-6-11)15-8-14(21)17-16(24-15)7-13(20)12(9-19)18(17)23-2;1-21-12-4-2-11(3-5-12)15-8-14(20)17-13(19)6-10(9-18)7-16(17)22-15;17-8-10-11(18)6-14-15(16(10)20)12(19)7-13(21-14)9-4-2-1-3-5-9;16-8-4-11(19)15-12(20)6-13(21-14(15)5-8)7-1-2-9(17)10(18)3-7;16-10-6-11(17)15-12(18)8-13(19-14(15)7-10)9-4-2-1-3-5-9/h4-8,21-22H,9-10H2,1-3H3;3-8,19-20H,9H2,1-2H3;2-8,18-19H,9H2,1H3;1-7,17-18,20H,8H2;1-6,16-19H;1-8,16-17H. The zero-order chi connectivity index (χ0) is 96.0. The van der Waals surface area contributed by atoms with Crippen LogP contribution in [0.5, 0.6) is 92.0 Å². The topological polar surface area (TPSA) is 540 Å². The van der Waals surface area contributed by atoms with Gasteiger partial charge in [-0.15, -0.1) is 0 Å². The van der Waals surface area contributed by atoms with Crippen LogP contribution < -0.4 is 61.0 Å². The van der Waals surface area contributed by atoms with Crippen molar-refractivity contribution in [3.05, 3.63) is 326 Å². The van der Waals surface area contributed by atoms with Gasteiger partial charge in [0.1, 0.15) is 169 Å². The Balaban J connectivity index is 0.000000137. The SMILES string of the molecule is COc1ccc(-c2cc(=O)c3c(O)cc(CO)cc3o2)cc1.COc1ccc(-c2cc(=O)c3c(OC)c(CO)c(CO)cc3o2)cc1OC.COc1ccc(-c2cc(=O)c3c(OC)c(CO)c(O)cc3o2)cc1.O=c1cc(-c2ccc(O)c(O)c2)oc2cc(O)cc(O)c12.O=c1cc(-c2ccccc2)oc2cc(O)c(CO)c(O)c12.O=c1cc(-c2ccccc2)oc2cc(O)cc(O)c12. The van der Waals surface area contributed by atoms with E-state index in [9.17, 15) is 100 Å². The fourth-order valence-corrected chi connectivity index (χ4v) is 14.3. The molecule has 6 heterocycles. The molecule has 0 aliphatic carbocycles. The first-order valence-corrected chi connectivity index (χ1v) is 40.0. The number of benzene rings is 12. The molecule has 0 saturated carbocycles. The van der Waals surface area contributed by atoms with E-state index in [1.165, 1.54) is 113 Å². The quantitative estimate of drug-likeness (QED) is 0.0376. The van der Waals surface area contributed by atoms with Gasteiger partial charge in [0.25, 0.3) is 0 Å². The average molecular weight is 1820 g/mol. The van der Waals surface area contributed by atoms with Crippen molar-refractivity contribution < 1.29 is 132 Å². The van der Waals surface area contributed by atoms with Crippen molar-refractivity contribution >= 4 is 65.8 Å². The predicted molar refractivity (Wildman–Crippen MR) is 493 cm³/mol. The van der Waals surface area contributed by atoms with Crippen LogP contribution in [0.25, 0.3) is 134 Å². The van der Waals surface area contributed by atoms with E-state index < -0.39 is 29.8 Å². The van der Waals surface area contributed by atoms with Crippen LogP contribution in [0.1, 0.15) is 27.8 Å². The summed E-state index contributed by atoms with van der Waals surface area (Å²) in [6.07, 6.45) is 0. The highest BCUT2D eigenvalue weighted by Gasteiger charge is 2.25. The van der Waals surface area contributed by atoms with Crippen LogP contribution in [0.15, 0.2) is 292 Å². The molecule has 12 aromatic carbocycles. The molecule has 0 unspecified atom stereocenters. The van der Waals surface area contributed by atoms with Crippen LogP contribution in [0.4, 0.5) is 0 Å².